The van der Waals surface area contributed by atoms with Gasteiger partial charge in [0.1, 0.15) is 0 Å². The summed E-state index contributed by atoms with van der Waals surface area (Å²) in [6, 6.07) is 26.1. The van der Waals surface area contributed by atoms with Crippen molar-refractivity contribution >= 4 is 17.7 Å². The molecule has 2 N–H and O–H groups in total. The van der Waals surface area contributed by atoms with Crippen LogP contribution in [0.4, 0.5) is 10.5 Å². The van der Waals surface area contributed by atoms with E-state index in [2.05, 4.69) is 51.5 Å². The highest BCUT2D eigenvalue weighted by Gasteiger charge is 2.27. The van der Waals surface area contributed by atoms with Gasteiger partial charge in [0.05, 0.1) is 6.04 Å². The molecule has 1 unspecified atom stereocenters. The Kier molecular flexibility index (Phi) is 8.93. The van der Waals surface area contributed by atoms with Gasteiger partial charge in [0.2, 0.25) is 0 Å². The number of carbonyl (C=O) groups is 2. The van der Waals surface area contributed by atoms with Crippen LogP contribution in [0.3, 0.4) is 0 Å². The molecule has 4 rings (SSSR count). The predicted molar refractivity (Wildman–Crippen MR) is 147 cm³/mol. The molecule has 7 nitrogen and oxygen atoms in total. The number of carboxylic acid groups (broad SMARTS) is 1. The number of benzene rings is 3. The zero-order chi connectivity index (χ0) is 26.2. The lowest BCUT2D eigenvalue weighted by Gasteiger charge is -2.40. The number of anilines is 1. The van der Waals surface area contributed by atoms with Crippen molar-refractivity contribution in [3.63, 3.8) is 0 Å². The van der Waals surface area contributed by atoms with E-state index in [0.717, 1.165) is 43.9 Å². The lowest BCUT2D eigenvalue weighted by atomic mass is 9.95. The first-order valence-electron chi connectivity index (χ1n) is 13.0. The van der Waals surface area contributed by atoms with Crippen molar-refractivity contribution in [2.75, 3.05) is 44.6 Å². The molecule has 37 heavy (non-hydrogen) atoms. The average Bonchev–Trinajstić information content (AvgIpc) is 2.92. The van der Waals surface area contributed by atoms with Crippen molar-refractivity contribution in [2.24, 2.45) is 0 Å². The van der Waals surface area contributed by atoms with E-state index in [1.807, 2.05) is 49.1 Å². The SMILES string of the molecule is CCN(CC)C(=O)c1ccc(C(c2ccc(NC(=O)O)cc2)N2CCN(Cc3ccccc3)CC2)cc1. The van der Waals surface area contributed by atoms with E-state index >= 15 is 0 Å². The van der Waals surface area contributed by atoms with Gasteiger partial charge in [-0.25, -0.2) is 4.79 Å². The Morgan fingerprint density at radius 3 is 1.95 bits per heavy atom. The summed E-state index contributed by atoms with van der Waals surface area (Å²) in [7, 11) is 0. The fourth-order valence-corrected chi connectivity index (χ4v) is 5.01. The molecule has 1 fully saturated rings. The van der Waals surface area contributed by atoms with E-state index in [9.17, 15) is 9.59 Å². The largest absolute Gasteiger partial charge is 0.465 e. The second-order valence-corrected chi connectivity index (χ2v) is 9.35. The van der Waals surface area contributed by atoms with Gasteiger partial charge in [-0.05, 0) is 54.8 Å². The first-order chi connectivity index (χ1) is 18.0. The Bertz CT molecular complexity index is 1150. The van der Waals surface area contributed by atoms with Crippen molar-refractivity contribution in [3.8, 4) is 0 Å². The zero-order valence-electron chi connectivity index (χ0n) is 21.6. The highest BCUT2D eigenvalue weighted by Crippen LogP contribution is 2.31. The van der Waals surface area contributed by atoms with Crippen LogP contribution in [0.1, 0.15) is 46.9 Å². The van der Waals surface area contributed by atoms with Gasteiger partial charge in [0, 0.05) is 57.1 Å². The van der Waals surface area contributed by atoms with Crippen molar-refractivity contribution in [2.45, 2.75) is 26.4 Å². The molecular formula is C30H36N4O3. The highest BCUT2D eigenvalue weighted by molar-refractivity contribution is 5.94. The van der Waals surface area contributed by atoms with E-state index in [0.29, 0.717) is 24.3 Å². The number of carbonyl (C=O) groups excluding carboxylic acids is 1. The number of amides is 2. The van der Waals surface area contributed by atoms with Crippen LogP contribution in [-0.2, 0) is 6.54 Å². The molecule has 0 spiro atoms. The summed E-state index contributed by atoms with van der Waals surface area (Å²) in [4.78, 5) is 30.6. The quantitative estimate of drug-likeness (QED) is 0.424. The average molecular weight is 501 g/mol. The van der Waals surface area contributed by atoms with Gasteiger partial charge < -0.3 is 10.0 Å². The summed E-state index contributed by atoms with van der Waals surface area (Å²) >= 11 is 0. The van der Waals surface area contributed by atoms with E-state index < -0.39 is 6.09 Å². The molecule has 1 aliphatic rings. The van der Waals surface area contributed by atoms with Crippen molar-refractivity contribution in [3.05, 3.63) is 101 Å². The second kappa shape index (κ2) is 12.5. The number of nitrogens with one attached hydrogen (secondary N) is 1. The molecule has 1 heterocycles. The Morgan fingerprint density at radius 2 is 1.41 bits per heavy atom. The van der Waals surface area contributed by atoms with E-state index in [4.69, 9.17) is 5.11 Å². The number of piperazine rings is 1. The number of nitrogens with zero attached hydrogens (tertiary/aromatic N) is 3. The number of hydrogen-bond donors (Lipinski definition) is 2. The normalized spacial score (nSPS) is 15.2. The second-order valence-electron chi connectivity index (χ2n) is 9.35. The van der Waals surface area contributed by atoms with Gasteiger partial charge in [-0.3, -0.25) is 19.9 Å². The molecule has 3 aromatic rings. The summed E-state index contributed by atoms with van der Waals surface area (Å²) in [5, 5.41) is 11.5. The third-order valence-electron chi connectivity index (χ3n) is 7.02. The topological polar surface area (TPSA) is 76.1 Å². The molecule has 0 aromatic heterocycles. The highest BCUT2D eigenvalue weighted by atomic mass is 16.4. The van der Waals surface area contributed by atoms with Crippen LogP contribution in [0.15, 0.2) is 78.9 Å². The monoisotopic (exact) mass is 500 g/mol. The lowest BCUT2D eigenvalue weighted by molar-refractivity contribution is 0.0772. The lowest BCUT2D eigenvalue weighted by Crippen LogP contribution is -2.47. The van der Waals surface area contributed by atoms with Crippen molar-refractivity contribution in [1.29, 1.82) is 0 Å². The standard InChI is InChI=1S/C30H36N4O3/c1-3-33(4-2)29(35)26-12-10-24(11-13-26)28(25-14-16-27(17-15-25)31-30(36)37)34-20-18-32(19-21-34)22-23-8-6-5-7-9-23/h5-17,28,31H,3-4,18-22H2,1-2H3,(H,36,37). The Balaban J connectivity index is 1.55. The molecule has 0 bridgehead atoms. The summed E-state index contributed by atoms with van der Waals surface area (Å²) in [5.41, 5.74) is 4.77. The van der Waals surface area contributed by atoms with Crippen LogP contribution in [-0.4, -0.2) is 71.1 Å². The smallest absolute Gasteiger partial charge is 0.409 e. The molecular weight excluding hydrogens is 464 g/mol. The third-order valence-corrected chi connectivity index (χ3v) is 7.02. The maximum Gasteiger partial charge on any atom is 0.409 e. The molecule has 1 atom stereocenters. The number of hydrogen-bond acceptors (Lipinski definition) is 4. The van der Waals surface area contributed by atoms with Gasteiger partial charge in [-0.15, -0.1) is 0 Å². The number of rotatable bonds is 9. The van der Waals surface area contributed by atoms with E-state index in [-0.39, 0.29) is 11.9 Å². The van der Waals surface area contributed by atoms with Crippen LogP contribution in [0, 0.1) is 0 Å². The molecule has 2 amide bonds. The Labute approximate surface area is 219 Å². The van der Waals surface area contributed by atoms with Crippen LogP contribution in [0.5, 0.6) is 0 Å². The maximum absolute atomic E-state index is 12.8. The molecule has 1 aliphatic heterocycles. The molecule has 0 aliphatic carbocycles. The minimum Gasteiger partial charge on any atom is -0.465 e. The Morgan fingerprint density at radius 1 is 0.838 bits per heavy atom. The summed E-state index contributed by atoms with van der Waals surface area (Å²) in [5.74, 6) is 0.0479. The molecule has 0 saturated carbocycles. The first-order valence-corrected chi connectivity index (χ1v) is 13.0. The first kappa shape index (κ1) is 26.4. The fraction of sp³-hybridized carbons (Fsp3) is 0.333. The summed E-state index contributed by atoms with van der Waals surface area (Å²) in [6.07, 6.45) is -1.08. The van der Waals surface area contributed by atoms with Crippen LogP contribution in [0.2, 0.25) is 0 Å². The van der Waals surface area contributed by atoms with E-state index in [1.165, 1.54) is 5.56 Å². The minimum atomic E-state index is -1.08. The van der Waals surface area contributed by atoms with Crippen LogP contribution >= 0.6 is 0 Å². The third kappa shape index (κ3) is 6.76. The van der Waals surface area contributed by atoms with Crippen LogP contribution < -0.4 is 5.32 Å². The van der Waals surface area contributed by atoms with Gasteiger partial charge in [0.25, 0.3) is 5.91 Å². The minimum absolute atomic E-state index is 0.00959. The fourth-order valence-electron chi connectivity index (χ4n) is 5.01. The van der Waals surface area contributed by atoms with Gasteiger partial charge in [0.15, 0.2) is 0 Å². The Hall–Kier alpha value is -3.68. The molecule has 1 saturated heterocycles. The van der Waals surface area contributed by atoms with Gasteiger partial charge >= 0.3 is 6.09 Å². The van der Waals surface area contributed by atoms with E-state index in [1.54, 1.807) is 12.1 Å². The molecule has 3 aromatic carbocycles. The maximum atomic E-state index is 12.8. The summed E-state index contributed by atoms with van der Waals surface area (Å²) in [6.45, 7) is 10.0. The van der Waals surface area contributed by atoms with Gasteiger partial charge in [-0.2, -0.15) is 0 Å². The molecule has 0 radical (unpaired) electrons. The zero-order valence-corrected chi connectivity index (χ0v) is 21.6. The van der Waals surface area contributed by atoms with Crippen LogP contribution in [0.25, 0.3) is 0 Å². The molecule has 194 valence electrons. The summed E-state index contributed by atoms with van der Waals surface area (Å²) < 4.78 is 0. The predicted octanol–water partition coefficient (Wildman–Crippen LogP) is 5.17. The van der Waals surface area contributed by atoms with Crippen molar-refractivity contribution in [1.82, 2.24) is 14.7 Å². The molecule has 7 heteroatoms. The van der Waals surface area contributed by atoms with Gasteiger partial charge in [-0.1, -0.05) is 54.6 Å². The van der Waals surface area contributed by atoms with Crippen molar-refractivity contribution < 1.29 is 14.7 Å².